The maximum atomic E-state index is 14.0. The first-order chi connectivity index (χ1) is 8.22. The molecule has 0 atom stereocenters. The van der Waals surface area contributed by atoms with Gasteiger partial charge in [-0.05, 0) is 30.7 Å². The molecule has 0 heterocycles. The fourth-order valence-corrected chi connectivity index (χ4v) is 1.66. The van der Waals surface area contributed by atoms with E-state index in [2.05, 4.69) is 0 Å². The highest BCUT2D eigenvalue weighted by Crippen LogP contribution is 2.29. The van der Waals surface area contributed by atoms with Crippen molar-refractivity contribution in [2.24, 2.45) is 0 Å². The summed E-state index contributed by atoms with van der Waals surface area (Å²) in [6.07, 6.45) is 0. The van der Waals surface area contributed by atoms with Gasteiger partial charge in [-0.15, -0.1) is 0 Å². The zero-order valence-corrected chi connectivity index (χ0v) is 9.41. The molecule has 17 heavy (non-hydrogen) atoms. The summed E-state index contributed by atoms with van der Waals surface area (Å²) in [5, 5.41) is 0. The summed E-state index contributed by atoms with van der Waals surface area (Å²) in [5.74, 6) is -0.655. The van der Waals surface area contributed by atoms with Gasteiger partial charge in [-0.25, -0.2) is 8.78 Å². The number of rotatable bonds is 3. The summed E-state index contributed by atoms with van der Waals surface area (Å²) in [5.41, 5.74) is 0.847. The van der Waals surface area contributed by atoms with Crippen LogP contribution in [0.5, 0.6) is 5.75 Å². The quantitative estimate of drug-likeness (QED) is 0.779. The average molecular weight is 234 g/mol. The van der Waals surface area contributed by atoms with Gasteiger partial charge in [-0.2, -0.15) is 0 Å². The van der Waals surface area contributed by atoms with Crippen molar-refractivity contribution >= 4 is 0 Å². The Hall–Kier alpha value is -1.90. The van der Waals surface area contributed by atoms with Crippen LogP contribution < -0.4 is 4.74 Å². The first kappa shape index (κ1) is 11.6. The lowest BCUT2D eigenvalue weighted by molar-refractivity contribution is 0.322. The van der Waals surface area contributed by atoms with E-state index in [4.69, 9.17) is 4.74 Å². The fourth-order valence-electron chi connectivity index (χ4n) is 1.66. The highest BCUT2D eigenvalue weighted by Gasteiger charge is 2.10. The van der Waals surface area contributed by atoms with Crippen molar-refractivity contribution in [3.8, 4) is 16.9 Å². The monoisotopic (exact) mass is 234 g/mol. The Labute approximate surface area is 98.7 Å². The average Bonchev–Trinajstić information content (AvgIpc) is 2.32. The van der Waals surface area contributed by atoms with E-state index in [1.54, 1.807) is 37.3 Å². The molecule has 3 heteroatoms. The van der Waals surface area contributed by atoms with Gasteiger partial charge in [0.1, 0.15) is 5.82 Å². The Bertz CT molecular complexity index is 523. The molecule has 0 aromatic heterocycles. The van der Waals surface area contributed by atoms with E-state index >= 15 is 0 Å². The third-order valence-electron chi connectivity index (χ3n) is 2.40. The second-order valence-corrected chi connectivity index (χ2v) is 3.56. The first-order valence-corrected chi connectivity index (χ1v) is 5.39. The number of ether oxygens (including phenoxy) is 1. The van der Waals surface area contributed by atoms with E-state index in [0.29, 0.717) is 17.7 Å². The summed E-state index contributed by atoms with van der Waals surface area (Å²) in [7, 11) is 0. The molecule has 1 nitrogen and oxygen atoms in total. The van der Waals surface area contributed by atoms with Gasteiger partial charge in [-0.3, -0.25) is 0 Å². The molecule has 88 valence electrons. The minimum absolute atomic E-state index is 0.189. The highest BCUT2D eigenvalue weighted by atomic mass is 19.1. The van der Waals surface area contributed by atoms with E-state index < -0.39 is 5.82 Å². The second-order valence-electron chi connectivity index (χ2n) is 3.56. The van der Waals surface area contributed by atoms with Gasteiger partial charge in [0, 0.05) is 5.56 Å². The van der Waals surface area contributed by atoms with Crippen LogP contribution in [-0.4, -0.2) is 6.61 Å². The Kier molecular flexibility index (Phi) is 3.38. The van der Waals surface area contributed by atoms with Gasteiger partial charge >= 0.3 is 0 Å². The summed E-state index contributed by atoms with van der Waals surface area (Å²) in [6.45, 7) is 2.18. The molecular formula is C14H12F2O. The predicted molar refractivity (Wildman–Crippen MR) is 63.0 cm³/mol. The van der Waals surface area contributed by atoms with Gasteiger partial charge < -0.3 is 4.74 Å². The topological polar surface area (TPSA) is 9.23 Å². The number of hydrogen-bond donors (Lipinski definition) is 0. The number of benzene rings is 2. The molecule has 2 aromatic rings. The van der Waals surface area contributed by atoms with Gasteiger partial charge in [0.25, 0.3) is 0 Å². The van der Waals surface area contributed by atoms with E-state index in [1.165, 1.54) is 12.1 Å². The van der Waals surface area contributed by atoms with Crippen LogP contribution in [0.4, 0.5) is 8.78 Å². The summed E-state index contributed by atoms with van der Waals surface area (Å²) >= 11 is 0. The van der Waals surface area contributed by atoms with Gasteiger partial charge in [0.05, 0.1) is 6.61 Å². The molecule has 0 saturated carbocycles. The van der Waals surface area contributed by atoms with E-state index in [9.17, 15) is 8.78 Å². The molecule has 0 N–H and O–H groups in total. The van der Waals surface area contributed by atoms with Crippen LogP contribution in [0.1, 0.15) is 6.92 Å². The zero-order valence-electron chi connectivity index (χ0n) is 9.41. The summed E-state index contributed by atoms with van der Waals surface area (Å²) in [4.78, 5) is 0. The molecule has 0 aliphatic carbocycles. The van der Waals surface area contributed by atoms with Crippen molar-refractivity contribution < 1.29 is 13.5 Å². The van der Waals surface area contributed by atoms with Crippen LogP contribution >= 0.6 is 0 Å². The Balaban J connectivity index is 2.49. The molecular weight excluding hydrogens is 222 g/mol. The maximum Gasteiger partial charge on any atom is 0.172 e. The van der Waals surface area contributed by atoms with Crippen molar-refractivity contribution in [3.05, 3.63) is 54.1 Å². The molecule has 0 amide bonds. The SMILES string of the molecule is CCOc1cccc(-c2cccc(F)c2)c1F. The van der Waals surface area contributed by atoms with E-state index in [0.717, 1.165) is 0 Å². The molecule has 0 radical (unpaired) electrons. The Morgan fingerprint density at radius 2 is 1.82 bits per heavy atom. The van der Waals surface area contributed by atoms with Crippen molar-refractivity contribution in [2.45, 2.75) is 6.92 Å². The van der Waals surface area contributed by atoms with Crippen LogP contribution in [0.3, 0.4) is 0 Å². The molecule has 0 spiro atoms. The van der Waals surface area contributed by atoms with E-state index in [1.807, 2.05) is 0 Å². The molecule has 0 unspecified atom stereocenters. The summed E-state index contributed by atoms with van der Waals surface area (Å²) in [6, 6.07) is 10.7. The molecule has 2 aromatic carbocycles. The van der Waals surface area contributed by atoms with Gasteiger partial charge in [0.15, 0.2) is 11.6 Å². The predicted octanol–water partition coefficient (Wildman–Crippen LogP) is 4.03. The number of halogens is 2. The van der Waals surface area contributed by atoms with Crippen molar-refractivity contribution in [2.75, 3.05) is 6.61 Å². The molecule has 0 aliphatic heterocycles. The van der Waals surface area contributed by atoms with Crippen LogP contribution in [0, 0.1) is 11.6 Å². The lowest BCUT2D eigenvalue weighted by Gasteiger charge is -2.08. The third-order valence-corrected chi connectivity index (χ3v) is 2.40. The Morgan fingerprint density at radius 1 is 1.06 bits per heavy atom. The first-order valence-electron chi connectivity index (χ1n) is 5.39. The molecule has 0 saturated heterocycles. The minimum Gasteiger partial charge on any atom is -0.491 e. The lowest BCUT2D eigenvalue weighted by Crippen LogP contribution is -1.96. The fraction of sp³-hybridized carbons (Fsp3) is 0.143. The molecule has 2 rings (SSSR count). The molecule has 0 aliphatic rings. The molecule has 0 bridgehead atoms. The van der Waals surface area contributed by atoms with Crippen LogP contribution in [0.2, 0.25) is 0 Å². The van der Waals surface area contributed by atoms with E-state index in [-0.39, 0.29) is 11.6 Å². The van der Waals surface area contributed by atoms with Crippen LogP contribution in [0.15, 0.2) is 42.5 Å². The van der Waals surface area contributed by atoms with Crippen molar-refractivity contribution in [1.82, 2.24) is 0 Å². The van der Waals surface area contributed by atoms with Crippen molar-refractivity contribution in [3.63, 3.8) is 0 Å². The molecule has 0 fully saturated rings. The normalized spacial score (nSPS) is 10.3. The maximum absolute atomic E-state index is 14.0. The largest absolute Gasteiger partial charge is 0.491 e. The smallest absolute Gasteiger partial charge is 0.172 e. The van der Waals surface area contributed by atoms with Crippen LogP contribution in [-0.2, 0) is 0 Å². The third kappa shape index (κ3) is 2.44. The zero-order chi connectivity index (χ0) is 12.3. The lowest BCUT2D eigenvalue weighted by atomic mass is 10.0. The highest BCUT2D eigenvalue weighted by molar-refractivity contribution is 5.66. The van der Waals surface area contributed by atoms with Crippen LogP contribution in [0.25, 0.3) is 11.1 Å². The minimum atomic E-state index is -0.458. The second kappa shape index (κ2) is 4.95. The number of hydrogen-bond acceptors (Lipinski definition) is 1. The standard InChI is InChI=1S/C14H12F2O/c1-2-17-13-8-4-7-12(14(13)16)10-5-3-6-11(15)9-10/h3-9H,2H2,1H3. The van der Waals surface area contributed by atoms with Gasteiger partial charge in [0.2, 0.25) is 0 Å². The van der Waals surface area contributed by atoms with Gasteiger partial charge in [-0.1, -0.05) is 24.3 Å². The van der Waals surface area contributed by atoms with Crippen molar-refractivity contribution in [1.29, 1.82) is 0 Å². The summed E-state index contributed by atoms with van der Waals surface area (Å²) < 4.78 is 32.3. The Morgan fingerprint density at radius 3 is 2.53 bits per heavy atom.